The number of hydrogen-bond donors (Lipinski definition) is 2. The normalized spacial score (nSPS) is 12.1. The van der Waals surface area contributed by atoms with E-state index < -0.39 is 11.9 Å². The molecule has 0 saturated heterocycles. The first-order valence-electron chi connectivity index (χ1n) is 4.66. The minimum absolute atomic E-state index is 0.0679. The Morgan fingerprint density at radius 1 is 1.33 bits per heavy atom. The summed E-state index contributed by atoms with van der Waals surface area (Å²) in [5, 5.41) is 16.7. The molecule has 1 atom stereocenters. The molecule has 0 aliphatic rings. The molecule has 0 amide bonds. The number of hydrogen-bond acceptors (Lipinski definition) is 5. The lowest BCUT2D eigenvalue weighted by Crippen LogP contribution is -2.20. The van der Waals surface area contributed by atoms with E-state index in [1.54, 1.807) is 6.92 Å². The van der Waals surface area contributed by atoms with Gasteiger partial charge in [0.1, 0.15) is 6.61 Å². The summed E-state index contributed by atoms with van der Waals surface area (Å²) >= 11 is 0. The van der Waals surface area contributed by atoms with E-state index in [9.17, 15) is 9.59 Å². The number of aliphatic carboxylic acids is 1. The molecule has 6 heteroatoms. The van der Waals surface area contributed by atoms with Crippen molar-refractivity contribution < 1.29 is 29.3 Å². The highest BCUT2D eigenvalue weighted by Gasteiger charge is 2.09. The summed E-state index contributed by atoms with van der Waals surface area (Å²) in [4.78, 5) is 21.1. The number of aliphatic hydroxyl groups is 1. The molecule has 6 nitrogen and oxygen atoms in total. The van der Waals surface area contributed by atoms with Gasteiger partial charge >= 0.3 is 11.9 Å². The fraction of sp³-hybridized carbons (Fsp3) is 0.778. The van der Waals surface area contributed by atoms with E-state index >= 15 is 0 Å². The number of aliphatic hydroxyl groups excluding tert-OH is 1. The van der Waals surface area contributed by atoms with Gasteiger partial charge in [-0.05, 0) is 6.92 Å². The Hall–Kier alpha value is -1.14. The maximum Gasteiger partial charge on any atom is 0.306 e. The lowest BCUT2D eigenvalue weighted by molar-refractivity contribution is -0.150. The summed E-state index contributed by atoms with van der Waals surface area (Å²) in [5.41, 5.74) is 0. The molecule has 2 N–H and O–H groups in total. The lowest BCUT2D eigenvalue weighted by atomic mass is 10.3. The summed E-state index contributed by atoms with van der Waals surface area (Å²) < 4.78 is 9.77. The third-order valence-electron chi connectivity index (χ3n) is 1.52. The monoisotopic (exact) mass is 220 g/mol. The van der Waals surface area contributed by atoms with E-state index in [-0.39, 0.29) is 38.8 Å². The van der Waals surface area contributed by atoms with Crippen LogP contribution in [0, 0.1) is 0 Å². The highest BCUT2D eigenvalue weighted by molar-refractivity contribution is 5.76. The molecule has 0 aliphatic heterocycles. The van der Waals surface area contributed by atoms with E-state index in [1.807, 2.05) is 0 Å². The zero-order valence-electron chi connectivity index (χ0n) is 8.64. The summed E-state index contributed by atoms with van der Waals surface area (Å²) in [5.74, 6) is -1.59. The maximum atomic E-state index is 10.9. The van der Waals surface area contributed by atoms with Crippen molar-refractivity contribution in [1.82, 2.24) is 0 Å². The maximum absolute atomic E-state index is 10.9. The molecule has 0 fully saturated rings. The molecule has 0 saturated carbocycles. The fourth-order valence-electron chi connectivity index (χ4n) is 0.793. The first-order chi connectivity index (χ1) is 7.06. The average Bonchev–Trinajstić information content (AvgIpc) is 2.20. The third kappa shape index (κ3) is 9.17. The molecular formula is C9H16O6. The third-order valence-corrected chi connectivity index (χ3v) is 1.52. The van der Waals surface area contributed by atoms with Gasteiger partial charge < -0.3 is 19.7 Å². The molecule has 15 heavy (non-hydrogen) atoms. The van der Waals surface area contributed by atoms with Crippen molar-refractivity contribution in [2.75, 3.05) is 19.8 Å². The zero-order chi connectivity index (χ0) is 11.7. The Balaban J connectivity index is 3.48. The number of esters is 1. The minimum Gasteiger partial charge on any atom is -0.481 e. The van der Waals surface area contributed by atoms with Gasteiger partial charge in [-0.25, -0.2) is 0 Å². The van der Waals surface area contributed by atoms with Crippen LogP contribution in [0.2, 0.25) is 0 Å². The predicted molar refractivity (Wildman–Crippen MR) is 50.3 cm³/mol. The van der Waals surface area contributed by atoms with Gasteiger partial charge in [0.15, 0.2) is 0 Å². The molecule has 0 bridgehead atoms. The second-order valence-corrected chi connectivity index (χ2v) is 2.98. The fourth-order valence-corrected chi connectivity index (χ4v) is 0.793. The number of carbonyl (C=O) groups is 2. The van der Waals surface area contributed by atoms with E-state index in [0.29, 0.717) is 0 Å². The van der Waals surface area contributed by atoms with Crippen LogP contribution in [0.1, 0.15) is 19.8 Å². The quantitative estimate of drug-likeness (QED) is 0.550. The van der Waals surface area contributed by atoms with Crippen molar-refractivity contribution in [2.24, 2.45) is 0 Å². The van der Waals surface area contributed by atoms with Gasteiger partial charge in [0, 0.05) is 0 Å². The van der Waals surface area contributed by atoms with Crippen molar-refractivity contribution in [3.05, 3.63) is 0 Å². The van der Waals surface area contributed by atoms with Crippen molar-refractivity contribution in [2.45, 2.75) is 25.9 Å². The second kappa shape index (κ2) is 8.19. The van der Waals surface area contributed by atoms with Gasteiger partial charge in [0.05, 0.1) is 32.2 Å². The molecular weight excluding hydrogens is 204 g/mol. The van der Waals surface area contributed by atoms with Gasteiger partial charge in [0.2, 0.25) is 0 Å². The standard InChI is InChI=1S/C9H16O6/c1-7(14-5-4-10)6-15-9(13)3-2-8(11)12/h7,10H,2-6H2,1H3,(H,11,12). The Bertz CT molecular complexity index is 203. The predicted octanol–water partition coefficient (Wildman–Crippen LogP) is -0.208. The average molecular weight is 220 g/mol. The molecule has 0 aromatic carbocycles. The number of carbonyl (C=O) groups excluding carboxylic acids is 1. The SMILES string of the molecule is CC(COC(=O)CCC(=O)O)OCCO. The van der Waals surface area contributed by atoms with Crippen LogP contribution >= 0.6 is 0 Å². The Labute approximate surface area is 87.8 Å². The summed E-state index contributed by atoms with van der Waals surface area (Å²) in [6.45, 7) is 1.86. The van der Waals surface area contributed by atoms with E-state index in [2.05, 4.69) is 0 Å². The van der Waals surface area contributed by atoms with Crippen LogP contribution < -0.4 is 0 Å². The molecule has 0 aromatic heterocycles. The minimum atomic E-state index is -1.03. The van der Waals surface area contributed by atoms with Crippen LogP contribution in [0.5, 0.6) is 0 Å². The zero-order valence-corrected chi connectivity index (χ0v) is 8.64. The number of carboxylic acid groups (broad SMARTS) is 1. The van der Waals surface area contributed by atoms with Gasteiger partial charge in [-0.15, -0.1) is 0 Å². The molecule has 88 valence electrons. The van der Waals surface area contributed by atoms with E-state index in [0.717, 1.165) is 0 Å². The van der Waals surface area contributed by atoms with Gasteiger partial charge in [-0.3, -0.25) is 9.59 Å². The Morgan fingerprint density at radius 2 is 2.00 bits per heavy atom. The molecule has 1 unspecified atom stereocenters. The summed E-state index contributed by atoms with van der Waals surface area (Å²) in [6, 6.07) is 0. The van der Waals surface area contributed by atoms with Crippen LogP contribution in [0.15, 0.2) is 0 Å². The summed E-state index contributed by atoms with van der Waals surface area (Å²) in [7, 11) is 0. The van der Waals surface area contributed by atoms with Gasteiger partial charge in [0.25, 0.3) is 0 Å². The van der Waals surface area contributed by atoms with Crippen molar-refractivity contribution >= 4 is 11.9 Å². The largest absolute Gasteiger partial charge is 0.481 e. The number of ether oxygens (including phenoxy) is 2. The highest BCUT2D eigenvalue weighted by Crippen LogP contribution is 1.96. The first kappa shape index (κ1) is 13.9. The van der Waals surface area contributed by atoms with E-state index in [1.165, 1.54) is 0 Å². The smallest absolute Gasteiger partial charge is 0.306 e. The second-order valence-electron chi connectivity index (χ2n) is 2.98. The van der Waals surface area contributed by atoms with Crippen LogP contribution in [-0.2, 0) is 19.1 Å². The lowest BCUT2D eigenvalue weighted by Gasteiger charge is -2.12. The van der Waals surface area contributed by atoms with Crippen molar-refractivity contribution in [1.29, 1.82) is 0 Å². The molecule has 0 aliphatic carbocycles. The summed E-state index contributed by atoms with van der Waals surface area (Å²) in [6.07, 6.45) is -0.668. The molecule has 0 heterocycles. The van der Waals surface area contributed by atoms with Crippen LogP contribution in [0.25, 0.3) is 0 Å². The number of carboxylic acids is 1. The highest BCUT2D eigenvalue weighted by atomic mass is 16.6. The molecule has 0 aromatic rings. The van der Waals surface area contributed by atoms with Crippen molar-refractivity contribution in [3.8, 4) is 0 Å². The topological polar surface area (TPSA) is 93.1 Å². The molecule has 0 radical (unpaired) electrons. The van der Waals surface area contributed by atoms with Crippen LogP contribution in [0.4, 0.5) is 0 Å². The van der Waals surface area contributed by atoms with Crippen molar-refractivity contribution in [3.63, 3.8) is 0 Å². The van der Waals surface area contributed by atoms with E-state index in [4.69, 9.17) is 19.7 Å². The molecule has 0 rings (SSSR count). The Morgan fingerprint density at radius 3 is 2.53 bits per heavy atom. The van der Waals surface area contributed by atoms with Crippen LogP contribution in [0.3, 0.4) is 0 Å². The van der Waals surface area contributed by atoms with Gasteiger partial charge in [-0.2, -0.15) is 0 Å². The van der Waals surface area contributed by atoms with Crippen LogP contribution in [-0.4, -0.2) is 48.1 Å². The Kier molecular flexibility index (Phi) is 7.57. The first-order valence-corrected chi connectivity index (χ1v) is 4.66. The molecule has 0 spiro atoms. The van der Waals surface area contributed by atoms with Gasteiger partial charge in [-0.1, -0.05) is 0 Å². The number of rotatable bonds is 8.